The zero-order valence-electron chi connectivity index (χ0n) is 11.2. The summed E-state index contributed by atoms with van der Waals surface area (Å²) in [5.41, 5.74) is 5.40. The number of benzene rings is 1. The van der Waals surface area contributed by atoms with Crippen LogP contribution in [0.1, 0.15) is 10.5 Å². The molecule has 0 spiro atoms. The van der Waals surface area contributed by atoms with Crippen LogP contribution >= 0.6 is 0 Å². The maximum atomic E-state index is 13.8. The minimum atomic E-state index is -0.795. The molecular formula is C15H10F2N4O. The van der Waals surface area contributed by atoms with E-state index in [0.717, 1.165) is 12.1 Å². The summed E-state index contributed by atoms with van der Waals surface area (Å²) < 4.78 is 27.7. The lowest BCUT2D eigenvalue weighted by molar-refractivity contribution is 0.0996. The van der Waals surface area contributed by atoms with Crippen molar-refractivity contribution in [3.63, 3.8) is 0 Å². The third-order valence-electron chi connectivity index (χ3n) is 3.06. The average Bonchev–Trinajstić information content (AvgIpc) is 2.93. The van der Waals surface area contributed by atoms with Crippen LogP contribution < -0.4 is 5.73 Å². The first-order valence-corrected chi connectivity index (χ1v) is 6.33. The van der Waals surface area contributed by atoms with E-state index in [1.165, 1.54) is 12.3 Å². The summed E-state index contributed by atoms with van der Waals surface area (Å²) in [6.07, 6.45) is 1.51. The van der Waals surface area contributed by atoms with Crippen molar-refractivity contribution in [3.8, 4) is 22.8 Å². The Morgan fingerprint density at radius 3 is 2.41 bits per heavy atom. The number of nitrogens with zero attached hydrogens (tertiary/aromatic N) is 2. The van der Waals surface area contributed by atoms with Crippen molar-refractivity contribution >= 4 is 5.91 Å². The van der Waals surface area contributed by atoms with Crippen molar-refractivity contribution in [1.29, 1.82) is 0 Å². The number of nitrogens with two attached hydrogens (primary N) is 1. The summed E-state index contributed by atoms with van der Waals surface area (Å²) in [6.45, 7) is 0. The van der Waals surface area contributed by atoms with Gasteiger partial charge in [0, 0.05) is 6.20 Å². The van der Waals surface area contributed by atoms with E-state index in [-0.39, 0.29) is 22.8 Å². The minimum absolute atomic E-state index is 0.0589. The van der Waals surface area contributed by atoms with Gasteiger partial charge in [-0.3, -0.25) is 9.78 Å². The maximum absolute atomic E-state index is 13.8. The normalized spacial score (nSPS) is 10.6. The first-order valence-electron chi connectivity index (χ1n) is 6.33. The first-order chi connectivity index (χ1) is 10.6. The molecular weight excluding hydrogens is 290 g/mol. The predicted octanol–water partition coefficient (Wildman–Crippen LogP) is 2.52. The van der Waals surface area contributed by atoms with Gasteiger partial charge in [0.2, 0.25) is 0 Å². The molecule has 0 aliphatic rings. The molecule has 0 fully saturated rings. The first kappa shape index (κ1) is 13.9. The van der Waals surface area contributed by atoms with E-state index < -0.39 is 17.5 Å². The zero-order valence-corrected chi connectivity index (χ0v) is 11.2. The fourth-order valence-electron chi connectivity index (χ4n) is 2.08. The number of carbonyl (C=O) groups excluding carboxylic acids is 1. The fourth-order valence-corrected chi connectivity index (χ4v) is 2.08. The van der Waals surface area contributed by atoms with Gasteiger partial charge in [0.25, 0.3) is 5.91 Å². The number of H-pyrrole nitrogens is 1. The van der Waals surface area contributed by atoms with Crippen LogP contribution in [0.4, 0.5) is 8.78 Å². The molecule has 3 rings (SSSR count). The van der Waals surface area contributed by atoms with Crippen molar-refractivity contribution in [2.24, 2.45) is 5.73 Å². The SMILES string of the molecule is NC(=O)c1[nH]c(-c2c(F)cccc2F)nc1-c1ccccn1. The smallest absolute Gasteiger partial charge is 0.267 e. The number of nitrogens with one attached hydrogen (secondary N) is 1. The molecule has 3 aromatic rings. The summed E-state index contributed by atoms with van der Waals surface area (Å²) in [5, 5.41) is 0. The van der Waals surface area contributed by atoms with Crippen LogP contribution in [0, 0.1) is 11.6 Å². The molecule has 1 aromatic carbocycles. The van der Waals surface area contributed by atoms with E-state index in [1.54, 1.807) is 18.2 Å². The number of carbonyl (C=O) groups is 1. The van der Waals surface area contributed by atoms with Crippen LogP contribution in [-0.2, 0) is 0 Å². The van der Waals surface area contributed by atoms with Crippen molar-refractivity contribution in [3.05, 3.63) is 59.9 Å². The topological polar surface area (TPSA) is 84.7 Å². The molecule has 2 aromatic heterocycles. The number of rotatable bonds is 3. The Morgan fingerprint density at radius 1 is 1.09 bits per heavy atom. The van der Waals surface area contributed by atoms with Gasteiger partial charge < -0.3 is 10.7 Å². The summed E-state index contributed by atoms with van der Waals surface area (Å²) in [6, 6.07) is 8.45. The third-order valence-corrected chi connectivity index (χ3v) is 3.06. The lowest BCUT2D eigenvalue weighted by Crippen LogP contribution is -2.13. The lowest BCUT2D eigenvalue weighted by Gasteiger charge is -2.00. The van der Waals surface area contributed by atoms with Gasteiger partial charge in [0.15, 0.2) is 0 Å². The quantitative estimate of drug-likeness (QED) is 0.779. The van der Waals surface area contributed by atoms with Gasteiger partial charge in [-0.05, 0) is 24.3 Å². The Morgan fingerprint density at radius 2 is 1.82 bits per heavy atom. The molecule has 2 heterocycles. The van der Waals surface area contributed by atoms with Crippen LogP contribution in [0.5, 0.6) is 0 Å². The van der Waals surface area contributed by atoms with Gasteiger partial charge >= 0.3 is 0 Å². The van der Waals surface area contributed by atoms with Crippen LogP contribution in [0.2, 0.25) is 0 Å². The molecule has 0 saturated carbocycles. The Hall–Kier alpha value is -3.09. The van der Waals surface area contributed by atoms with Gasteiger partial charge in [-0.25, -0.2) is 13.8 Å². The Labute approximate surface area is 123 Å². The van der Waals surface area contributed by atoms with Crippen molar-refractivity contribution in [1.82, 2.24) is 15.0 Å². The number of imidazole rings is 1. The Balaban J connectivity index is 2.22. The van der Waals surface area contributed by atoms with Gasteiger partial charge in [0.1, 0.15) is 28.8 Å². The summed E-state index contributed by atoms with van der Waals surface area (Å²) >= 11 is 0. The number of hydrogen-bond donors (Lipinski definition) is 2. The highest BCUT2D eigenvalue weighted by atomic mass is 19.1. The fraction of sp³-hybridized carbons (Fsp3) is 0. The second-order valence-electron chi connectivity index (χ2n) is 4.48. The molecule has 0 aliphatic carbocycles. The molecule has 0 radical (unpaired) electrons. The van der Waals surface area contributed by atoms with Gasteiger partial charge in [-0.1, -0.05) is 12.1 Å². The zero-order chi connectivity index (χ0) is 15.7. The largest absolute Gasteiger partial charge is 0.364 e. The maximum Gasteiger partial charge on any atom is 0.267 e. The van der Waals surface area contributed by atoms with Crippen LogP contribution in [0.3, 0.4) is 0 Å². The van der Waals surface area contributed by atoms with Crippen LogP contribution in [0.15, 0.2) is 42.6 Å². The average molecular weight is 300 g/mol. The second kappa shape index (κ2) is 5.36. The molecule has 110 valence electrons. The van der Waals surface area contributed by atoms with Gasteiger partial charge in [-0.15, -0.1) is 0 Å². The number of pyridine rings is 1. The number of aromatic amines is 1. The molecule has 0 saturated heterocycles. The standard InChI is InChI=1S/C15H10F2N4O/c16-8-4-3-5-9(17)11(8)15-20-12(13(21-15)14(18)22)10-6-1-2-7-19-10/h1-7H,(H2,18,22)(H,20,21). The molecule has 0 bridgehead atoms. The Kier molecular flexibility index (Phi) is 3.38. The van der Waals surface area contributed by atoms with Crippen molar-refractivity contribution in [2.45, 2.75) is 0 Å². The van der Waals surface area contributed by atoms with Gasteiger partial charge in [0.05, 0.1) is 11.3 Å². The number of amides is 1. The number of halogens is 2. The molecule has 5 nitrogen and oxygen atoms in total. The highest BCUT2D eigenvalue weighted by Gasteiger charge is 2.21. The van der Waals surface area contributed by atoms with Crippen LogP contribution in [-0.4, -0.2) is 20.9 Å². The molecule has 0 aliphatic heterocycles. The molecule has 0 unspecified atom stereocenters. The highest BCUT2D eigenvalue weighted by Crippen LogP contribution is 2.28. The molecule has 3 N–H and O–H groups in total. The van der Waals surface area contributed by atoms with E-state index in [1.807, 2.05) is 0 Å². The lowest BCUT2D eigenvalue weighted by atomic mass is 10.2. The van der Waals surface area contributed by atoms with Crippen molar-refractivity contribution < 1.29 is 13.6 Å². The number of primary amides is 1. The van der Waals surface area contributed by atoms with E-state index in [0.29, 0.717) is 5.69 Å². The monoisotopic (exact) mass is 300 g/mol. The van der Waals surface area contributed by atoms with E-state index in [2.05, 4.69) is 15.0 Å². The van der Waals surface area contributed by atoms with E-state index in [4.69, 9.17) is 5.73 Å². The molecule has 0 atom stereocenters. The molecule has 22 heavy (non-hydrogen) atoms. The summed E-state index contributed by atoms with van der Waals surface area (Å²) in [5.74, 6) is -2.50. The van der Waals surface area contributed by atoms with E-state index >= 15 is 0 Å². The Bertz CT molecular complexity index is 826. The van der Waals surface area contributed by atoms with Crippen molar-refractivity contribution in [2.75, 3.05) is 0 Å². The minimum Gasteiger partial charge on any atom is -0.364 e. The van der Waals surface area contributed by atoms with E-state index in [9.17, 15) is 13.6 Å². The highest BCUT2D eigenvalue weighted by molar-refractivity contribution is 5.97. The second-order valence-corrected chi connectivity index (χ2v) is 4.48. The summed E-state index contributed by atoms with van der Waals surface area (Å²) in [4.78, 5) is 22.3. The van der Waals surface area contributed by atoms with Gasteiger partial charge in [-0.2, -0.15) is 0 Å². The number of aromatic nitrogens is 3. The third kappa shape index (κ3) is 2.32. The molecule has 1 amide bonds. The number of hydrogen-bond acceptors (Lipinski definition) is 3. The summed E-state index contributed by atoms with van der Waals surface area (Å²) in [7, 11) is 0. The predicted molar refractivity (Wildman–Crippen MR) is 75.7 cm³/mol. The molecule has 7 heteroatoms. The van der Waals surface area contributed by atoms with Crippen LogP contribution in [0.25, 0.3) is 22.8 Å².